The van der Waals surface area contributed by atoms with Gasteiger partial charge in [0.15, 0.2) is 11.7 Å². The van der Waals surface area contributed by atoms with Gasteiger partial charge in [0.2, 0.25) is 0 Å². The van der Waals surface area contributed by atoms with Gasteiger partial charge in [-0.2, -0.15) is 0 Å². The Morgan fingerprint density at radius 1 is 1.08 bits per heavy atom. The zero-order valence-corrected chi connectivity index (χ0v) is 15.9. The maximum Gasteiger partial charge on any atom is 0.276 e. The molecular weight excluding hydrogens is 430 g/mol. The van der Waals surface area contributed by atoms with E-state index in [0.29, 0.717) is 16.3 Å². The van der Waals surface area contributed by atoms with Crippen molar-refractivity contribution in [2.24, 2.45) is 0 Å². The van der Waals surface area contributed by atoms with E-state index in [1.165, 1.54) is 0 Å². The van der Waals surface area contributed by atoms with Gasteiger partial charge in [-0.05, 0) is 48.6 Å². The van der Waals surface area contributed by atoms with Crippen LogP contribution < -0.4 is 20.9 Å². The Morgan fingerprint density at radius 2 is 1.76 bits per heavy atom. The third-order valence-electron chi connectivity index (χ3n) is 2.84. The molecule has 25 heavy (non-hydrogen) atoms. The summed E-state index contributed by atoms with van der Waals surface area (Å²) in [5.74, 6) is -0.489. The number of thiocarbonyl (C=S) groups is 1. The van der Waals surface area contributed by atoms with Gasteiger partial charge in [0.05, 0.1) is 5.02 Å². The molecule has 0 bridgehead atoms. The Morgan fingerprint density at radius 3 is 2.44 bits per heavy atom. The summed E-state index contributed by atoms with van der Waals surface area (Å²) in [6, 6.07) is 13.5. The Hall–Kier alpha value is -2.16. The van der Waals surface area contributed by atoms with Crippen LogP contribution in [0.5, 0.6) is 5.75 Å². The second kappa shape index (κ2) is 9.36. The van der Waals surface area contributed by atoms with E-state index in [4.69, 9.17) is 28.6 Å². The minimum atomic E-state index is -0.486. The fourth-order valence-corrected chi connectivity index (χ4v) is 2.27. The van der Waals surface area contributed by atoms with Crippen molar-refractivity contribution in [2.75, 3.05) is 6.61 Å². The van der Waals surface area contributed by atoms with E-state index >= 15 is 0 Å². The molecule has 2 aromatic rings. The van der Waals surface area contributed by atoms with Gasteiger partial charge in [-0.3, -0.25) is 25.8 Å². The van der Waals surface area contributed by atoms with Crippen molar-refractivity contribution in [3.8, 4) is 5.75 Å². The third kappa shape index (κ3) is 6.33. The number of carbonyl (C=O) groups is 2. The number of hydrogen-bond donors (Lipinski definition) is 3. The highest BCUT2D eigenvalue weighted by molar-refractivity contribution is 9.10. The molecule has 0 heterocycles. The number of amides is 2. The van der Waals surface area contributed by atoms with Crippen LogP contribution in [-0.4, -0.2) is 23.5 Å². The lowest BCUT2D eigenvalue weighted by atomic mass is 10.2. The lowest BCUT2D eigenvalue weighted by Crippen LogP contribution is -2.49. The molecule has 0 unspecified atom stereocenters. The zero-order valence-electron chi connectivity index (χ0n) is 12.7. The zero-order chi connectivity index (χ0) is 18.2. The average Bonchev–Trinajstić information content (AvgIpc) is 2.59. The summed E-state index contributed by atoms with van der Waals surface area (Å²) >= 11 is 14.1. The molecule has 0 saturated carbocycles. The van der Waals surface area contributed by atoms with Crippen molar-refractivity contribution in [1.82, 2.24) is 16.2 Å². The van der Waals surface area contributed by atoms with Gasteiger partial charge in [0.1, 0.15) is 5.75 Å². The first-order chi connectivity index (χ1) is 12.0. The number of hydrogen-bond acceptors (Lipinski definition) is 4. The summed E-state index contributed by atoms with van der Waals surface area (Å²) in [5, 5.41) is 2.80. The van der Waals surface area contributed by atoms with Crippen molar-refractivity contribution < 1.29 is 14.3 Å². The van der Waals surface area contributed by atoms with Gasteiger partial charge in [0.25, 0.3) is 11.8 Å². The number of hydrazine groups is 1. The number of carbonyl (C=O) groups excluding carboxylic acids is 2. The molecule has 0 atom stereocenters. The van der Waals surface area contributed by atoms with E-state index < -0.39 is 11.8 Å². The SMILES string of the molecule is O=C(COc1ccccc1Cl)NNC(=S)NC(=O)c1ccc(Br)cc1. The standard InChI is InChI=1S/C16H13BrClN3O3S/c17-11-7-5-10(6-8-11)15(23)19-16(25)21-20-14(22)9-24-13-4-2-1-3-12(13)18/h1-8H,9H2,(H,20,22)(H2,19,21,23,25). The fraction of sp³-hybridized carbons (Fsp3) is 0.0625. The Kier molecular flexibility index (Phi) is 7.17. The van der Waals surface area contributed by atoms with E-state index in [0.717, 1.165) is 4.47 Å². The summed E-state index contributed by atoms with van der Waals surface area (Å²) in [6.07, 6.45) is 0. The lowest BCUT2D eigenvalue weighted by molar-refractivity contribution is -0.123. The molecule has 0 aromatic heterocycles. The molecular formula is C16H13BrClN3O3S. The largest absolute Gasteiger partial charge is 0.482 e. The first-order valence-electron chi connectivity index (χ1n) is 6.99. The minimum absolute atomic E-state index is 0.0426. The van der Waals surface area contributed by atoms with Gasteiger partial charge in [0, 0.05) is 10.0 Å². The van der Waals surface area contributed by atoms with E-state index in [1.807, 2.05) is 0 Å². The highest BCUT2D eigenvalue weighted by Gasteiger charge is 2.09. The van der Waals surface area contributed by atoms with Gasteiger partial charge >= 0.3 is 0 Å². The molecule has 6 nitrogen and oxygen atoms in total. The van der Waals surface area contributed by atoms with Gasteiger partial charge < -0.3 is 4.74 Å². The predicted molar refractivity (Wildman–Crippen MR) is 102 cm³/mol. The summed E-state index contributed by atoms with van der Waals surface area (Å²) in [4.78, 5) is 23.7. The van der Waals surface area contributed by atoms with Gasteiger partial charge in [-0.15, -0.1) is 0 Å². The van der Waals surface area contributed by atoms with Crippen molar-refractivity contribution in [3.05, 3.63) is 63.6 Å². The molecule has 0 radical (unpaired) electrons. The van der Waals surface area contributed by atoms with Crippen LogP contribution in [0, 0.1) is 0 Å². The maximum absolute atomic E-state index is 12.0. The molecule has 0 fully saturated rings. The quantitative estimate of drug-likeness (QED) is 0.501. The highest BCUT2D eigenvalue weighted by Crippen LogP contribution is 2.22. The van der Waals surface area contributed by atoms with Crippen LogP contribution in [0.2, 0.25) is 5.02 Å². The maximum atomic E-state index is 12.0. The average molecular weight is 443 g/mol. The molecule has 0 aliphatic heterocycles. The normalized spacial score (nSPS) is 9.84. The first-order valence-corrected chi connectivity index (χ1v) is 8.56. The molecule has 0 spiro atoms. The second-order valence-corrected chi connectivity index (χ2v) is 6.41. The fourth-order valence-electron chi connectivity index (χ4n) is 1.68. The predicted octanol–water partition coefficient (Wildman–Crippen LogP) is 2.82. The molecule has 2 rings (SSSR count). The Balaban J connectivity index is 1.74. The van der Waals surface area contributed by atoms with Crippen LogP contribution in [0.25, 0.3) is 0 Å². The molecule has 130 valence electrons. The van der Waals surface area contributed by atoms with Crippen LogP contribution in [0.3, 0.4) is 0 Å². The molecule has 9 heteroatoms. The summed E-state index contributed by atoms with van der Waals surface area (Å²) < 4.78 is 6.13. The third-order valence-corrected chi connectivity index (χ3v) is 3.89. The molecule has 0 saturated heterocycles. The summed E-state index contributed by atoms with van der Waals surface area (Å²) in [6.45, 7) is -0.264. The highest BCUT2D eigenvalue weighted by atomic mass is 79.9. The number of benzene rings is 2. The van der Waals surface area contributed by atoms with Crippen molar-refractivity contribution in [1.29, 1.82) is 0 Å². The van der Waals surface area contributed by atoms with Crippen LogP contribution in [0.4, 0.5) is 0 Å². The van der Waals surface area contributed by atoms with E-state index in [1.54, 1.807) is 48.5 Å². The number of rotatable bonds is 4. The number of para-hydroxylation sites is 1. The smallest absolute Gasteiger partial charge is 0.276 e. The van der Waals surface area contributed by atoms with Crippen molar-refractivity contribution in [3.63, 3.8) is 0 Å². The van der Waals surface area contributed by atoms with E-state index in [-0.39, 0.29) is 11.7 Å². The van der Waals surface area contributed by atoms with Crippen LogP contribution >= 0.6 is 39.7 Å². The molecule has 2 amide bonds. The summed E-state index contributed by atoms with van der Waals surface area (Å²) in [7, 11) is 0. The lowest BCUT2D eigenvalue weighted by Gasteiger charge is -2.12. The number of nitrogens with one attached hydrogen (secondary N) is 3. The van der Waals surface area contributed by atoms with E-state index in [2.05, 4.69) is 32.1 Å². The number of halogens is 2. The molecule has 0 aliphatic rings. The van der Waals surface area contributed by atoms with Gasteiger partial charge in [-0.25, -0.2) is 0 Å². The van der Waals surface area contributed by atoms with Crippen molar-refractivity contribution >= 4 is 56.7 Å². The monoisotopic (exact) mass is 441 g/mol. The minimum Gasteiger partial charge on any atom is -0.482 e. The topological polar surface area (TPSA) is 79.5 Å². The van der Waals surface area contributed by atoms with Crippen molar-refractivity contribution in [2.45, 2.75) is 0 Å². The van der Waals surface area contributed by atoms with Crippen LogP contribution in [0.1, 0.15) is 10.4 Å². The number of ether oxygens (including phenoxy) is 1. The van der Waals surface area contributed by atoms with E-state index in [9.17, 15) is 9.59 Å². The first kappa shape index (κ1) is 19.2. The summed E-state index contributed by atoms with van der Waals surface area (Å²) in [5.41, 5.74) is 5.17. The van der Waals surface area contributed by atoms with Gasteiger partial charge in [-0.1, -0.05) is 39.7 Å². The second-order valence-electron chi connectivity index (χ2n) is 4.68. The van der Waals surface area contributed by atoms with Crippen LogP contribution in [-0.2, 0) is 4.79 Å². The molecule has 0 aliphatic carbocycles. The molecule has 3 N–H and O–H groups in total. The molecule has 2 aromatic carbocycles. The Bertz CT molecular complexity index is 786. The van der Waals surface area contributed by atoms with Crippen LogP contribution in [0.15, 0.2) is 53.0 Å². The Labute approximate surface area is 163 Å².